The van der Waals surface area contributed by atoms with Crippen LogP contribution in [0.4, 0.5) is 0 Å². The summed E-state index contributed by atoms with van der Waals surface area (Å²) in [4.78, 5) is 0. The minimum absolute atomic E-state index is 0.231. The number of thiophene rings is 1. The van der Waals surface area contributed by atoms with E-state index in [1.165, 1.54) is 11.3 Å². The minimum atomic E-state index is -3.28. The maximum Gasteiger partial charge on any atom is 0.252 e. The van der Waals surface area contributed by atoms with Crippen molar-refractivity contribution in [2.75, 3.05) is 6.54 Å². The van der Waals surface area contributed by atoms with Crippen LogP contribution >= 0.6 is 11.3 Å². The fourth-order valence-corrected chi connectivity index (χ4v) is 5.04. The Balaban J connectivity index is 2.12. The van der Waals surface area contributed by atoms with Crippen LogP contribution < -0.4 is 5.32 Å². The zero-order valence-corrected chi connectivity index (χ0v) is 13.4. The van der Waals surface area contributed by atoms with Gasteiger partial charge in [-0.3, -0.25) is 0 Å². The molecule has 19 heavy (non-hydrogen) atoms. The van der Waals surface area contributed by atoms with Crippen molar-refractivity contribution in [3.05, 3.63) is 17.0 Å². The van der Waals surface area contributed by atoms with Crippen molar-refractivity contribution < 1.29 is 8.42 Å². The highest BCUT2D eigenvalue weighted by Gasteiger charge is 2.37. The molecular formula is C13H22N2O2S2. The van der Waals surface area contributed by atoms with E-state index in [4.69, 9.17) is 0 Å². The Labute approximate surface area is 119 Å². The van der Waals surface area contributed by atoms with Gasteiger partial charge in [0.05, 0.1) is 0 Å². The summed E-state index contributed by atoms with van der Waals surface area (Å²) >= 11 is 1.33. The Hall–Kier alpha value is -0.430. The topological polar surface area (TPSA) is 49.4 Å². The molecule has 0 bridgehead atoms. The fraction of sp³-hybridized carbons (Fsp3) is 0.692. The maximum atomic E-state index is 12.5. The summed E-state index contributed by atoms with van der Waals surface area (Å²) in [5.74, 6) is 0. The van der Waals surface area contributed by atoms with Gasteiger partial charge in [0.2, 0.25) is 0 Å². The zero-order valence-electron chi connectivity index (χ0n) is 11.7. The van der Waals surface area contributed by atoms with E-state index >= 15 is 0 Å². The summed E-state index contributed by atoms with van der Waals surface area (Å²) in [6, 6.07) is 2.44. The maximum absolute atomic E-state index is 12.5. The molecule has 1 aromatic heterocycles. The van der Waals surface area contributed by atoms with E-state index in [1.54, 1.807) is 10.4 Å². The van der Waals surface area contributed by atoms with Crippen molar-refractivity contribution in [2.45, 2.75) is 56.5 Å². The van der Waals surface area contributed by atoms with Crippen LogP contribution in [0.25, 0.3) is 0 Å². The van der Waals surface area contributed by atoms with Gasteiger partial charge in [-0.15, -0.1) is 11.3 Å². The SMILES string of the molecule is CCN(C1CC1)S(=O)(=O)c1cc(CNC(C)C)cs1. The first-order valence-electron chi connectivity index (χ1n) is 6.77. The average molecular weight is 302 g/mol. The molecule has 1 heterocycles. The highest BCUT2D eigenvalue weighted by atomic mass is 32.2. The summed E-state index contributed by atoms with van der Waals surface area (Å²) in [5, 5.41) is 5.24. The summed E-state index contributed by atoms with van der Waals surface area (Å²) in [7, 11) is -3.28. The van der Waals surface area contributed by atoms with Crippen LogP contribution in [0.1, 0.15) is 39.2 Å². The standard InChI is InChI=1S/C13H22N2O2S2/c1-4-15(12-5-6-12)19(16,17)13-7-11(9-18-13)8-14-10(2)3/h7,9-10,12,14H,4-6,8H2,1-3H3. The van der Waals surface area contributed by atoms with E-state index in [0.29, 0.717) is 16.8 Å². The molecule has 0 spiro atoms. The van der Waals surface area contributed by atoms with Crippen LogP contribution in [0, 0.1) is 0 Å². The first kappa shape index (κ1) is 15.0. The van der Waals surface area contributed by atoms with Crippen LogP contribution in [-0.2, 0) is 16.6 Å². The molecule has 6 heteroatoms. The Morgan fingerprint density at radius 3 is 2.68 bits per heavy atom. The lowest BCUT2D eigenvalue weighted by Gasteiger charge is -2.18. The molecule has 0 amide bonds. The van der Waals surface area contributed by atoms with Crippen LogP contribution in [0.3, 0.4) is 0 Å². The van der Waals surface area contributed by atoms with Crippen molar-refractivity contribution in [3.8, 4) is 0 Å². The Bertz CT molecular complexity index is 519. The van der Waals surface area contributed by atoms with E-state index in [2.05, 4.69) is 19.2 Å². The number of nitrogens with one attached hydrogen (secondary N) is 1. The number of rotatable bonds is 7. The van der Waals surface area contributed by atoms with Crippen LogP contribution in [-0.4, -0.2) is 31.4 Å². The summed E-state index contributed by atoms with van der Waals surface area (Å²) in [6.45, 7) is 7.35. The minimum Gasteiger partial charge on any atom is -0.310 e. The lowest BCUT2D eigenvalue weighted by atomic mass is 10.3. The lowest BCUT2D eigenvalue weighted by Crippen LogP contribution is -2.32. The van der Waals surface area contributed by atoms with E-state index < -0.39 is 10.0 Å². The van der Waals surface area contributed by atoms with E-state index in [9.17, 15) is 8.42 Å². The molecule has 0 radical (unpaired) electrons. The quantitative estimate of drug-likeness (QED) is 0.841. The zero-order chi connectivity index (χ0) is 14.0. The number of nitrogens with zero attached hydrogens (tertiary/aromatic N) is 1. The average Bonchev–Trinajstić information content (AvgIpc) is 3.04. The molecule has 1 aliphatic rings. The van der Waals surface area contributed by atoms with Gasteiger partial charge in [0.15, 0.2) is 0 Å². The third kappa shape index (κ3) is 3.56. The molecular weight excluding hydrogens is 280 g/mol. The van der Waals surface area contributed by atoms with Crippen molar-refractivity contribution in [2.24, 2.45) is 0 Å². The van der Waals surface area contributed by atoms with Gasteiger partial charge in [0.1, 0.15) is 4.21 Å². The highest BCUT2D eigenvalue weighted by molar-refractivity contribution is 7.91. The van der Waals surface area contributed by atoms with Gasteiger partial charge >= 0.3 is 0 Å². The molecule has 2 rings (SSSR count). The van der Waals surface area contributed by atoms with Crippen LogP contribution in [0.5, 0.6) is 0 Å². The molecule has 0 aliphatic heterocycles. The monoisotopic (exact) mass is 302 g/mol. The van der Waals surface area contributed by atoms with Gasteiger partial charge in [0, 0.05) is 25.2 Å². The van der Waals surface area contributed by atoms with E-state index in [0.717, 1.165) is 24.9 Å². The lowest BCUT2D eigenvalue weighted by molar-refractivity contribution is 0.422. The number of sulfonamides is 1. The van der Waals surface area contributed by atoms with Crippen molar-refractivity contribution >= 4 is 21.4 Å². The molecule has 1 saturated carbocycles. The Kier molecular flexibility index (Phi) is 4.66. The normalized spacial score (nSPS) is 16.5. The second-order valence-corrected chi connectivity index (χ2v) is 8.28. The molecule has 1 fully saturated rings. The van der Waals surface area contributed by atoms with E-state index in [1.807, 2.05) is 12.3 Å². The molecule has 1 aromatic rings. The third-order valence-electron chi connectivity index (χ3n) is 3.17. The molecule has 0 atom stereocenters. The van der Waals surface area contributed by atoms with Gasteiger partial charge in [-0.1, -0.05) is 20.8 Å². The first-order chi connectivity index (χ1) is 8.95. The second-order valence-electron chi connectivity index (χ2n) is 5.25. The first-order valence-corrected chi connectivity index (χ1v) is 9.09. The predicted octanol–water partition coefficient (Wildman–Crippen LogP) is 2.42. The summed E-state index contributed by atoms with van der Waals surface area (Å²) in [5.41, 5.74) is 1.05. The number of hydrogen-bond acceptors (Lipinski definition) is 4. The van der Waals surface area contributed by atoms with Gasteiger partial charge in [-0.05, 0) is 29.9 Å². The van der Waals surface area contributed by atoms with E-state index in [-0.39, 0.29) is 6.04 Å². The molecule has 4 nitrogen and oxygen atoms in total. The Morgan fingerprint density at radius 1 is 1.47 bits per heavy atom. The van der Waals surface area contributed by atoms with Crippen molar-refractivity contribution in [1.82, 2.24) is 9.62 Å². The third-order valence-corrected chi connectivity index (χ3v) is 6.66. The van der Waals surface area contributed by atoms with Crippen molar-refractivity contribution in [1.29, 1.82) is 0 Å². The molecule has 0 aromatic carbocycles. The molecule has 1 aliphatic carbocycles. The number of hydrogen-bond donors (Lipinski definition) is 1. The van der Waals surface area contributed by atoms with Crippen molar-refractivity contribution in [3.63, 3.8) is 0 Å². The smallest absolute Gasteiger partial charge is 0.252 e. The molecule has 108 valence electrons. The van der Waals surface area contributed by atoms with Gasteiger partial charge < -0.3 is 5.32 Å². The summed E-state index contributed by atoms with van der Waals surface area (Å²) < 4.78 is 27.1. The van der Waals surface area contributed by atoms with Gasteiger partial charge in [-0.2, -0.15) is 4.31 Å². The largest absolute Gasteiger partial charge is 0.310 e. The second kappa shape index (κ2) is 5.91. The molecule has 0 unspecified atom stereocenters. The highest BCUT2D eigenvalue weighted by Crippen LogP contribution is 2.33. The van der Waals surface area contributed by atoms with Gasteiger partial charge in [0.25, 0.3) is 10.0 Å². The molecule has 0 saturated heterocycles. The van der Waals surface area contributed by atoms with Crippen LogP contribution in [0.2, 0.25) is 0 Å². The van der Waals surface area contributed by atoms with Crippen LogP contribution in [0.15, 0.2) is 15.7 Å². The van der Waals surface area contributed by atoms with Gasteiger partial charge in [-0.25, -0.2) is 8.42 Å². The Morgan fingerprint density at radius 2 is 2.16 bits per heavy atom. The summed E-state index contributed by atoms with van der Waals surface area (Å²) in [6.07, 6.45) is 2.00. The molecule has 1 N–H and O–H groups in total. The predicted molar refractivity (Wildman–Crippen MR) is 78.9 cm³/mol. The fourth-order valence-electron chi connectivity index (χ4n) is 2.01.